The van der Waals surface area contributed by atoms with Gasteiger partial charge in [-0.2, -0.15) is 4.98 Å². The van der Waals surface area contributed by atoms with Crippen LogP contribution in [0.3, 0.4) is 0 Å². The van der Waals surface area contributed by atoms with E-state index in [1.807, 2.05) is 42.6 Å². The van der Waals surface area contributed by atoms with Gasteiger partial charge in [0, 0.05) is 68.9 Å². The molecule has 2 fully saturated rings. The zero-order chi connectivity index (χ0) is 37.1. The first-order chi connectivity index (χ1) is 25.6. The number of hydrogen-bond donors (Lipinski definition) is 3. The maximum absolute atomic E-state index is 15.7. The van der Waals surface area contributed by atoms with Crippen molar-refractivity contribution >= 4 is 40.9 Å². The first kappa shape index (κ1) is 35.1. The summed E-state index contributed by atoms with van der Waals surface area (Å²) >= 11 is 0. The Hall–Kier alpha value is -6.29. The topological polar surface area (TPSA) is 189 Å². The molecular weight excluding hydrogens is 681 g/mol. The molecule has 0 bridgehead atoms. The lowest BCUT2D eigenvalue weighted by Gasteiger charge is -2.36. The van der Waals surface area contributed by atoms with Gasteiger partial charge in [-0.15, -0.1) is 0 Å². The third-order valence-electron chi connectivity index (χ3n) is 9.64. The summed E-state index contributed by atoms with van der Waals surface area (Å²) in [7, 11) is 0. The van der Waals surface area contributed by atoms with Gasteiger partial charge in [0.25, 0.3) is 0 Å². The molecule has 0 saturated carbocycles. The summed E-state index contributed by atoms with van der Waals surface area (Å²) < 4.78 is 20.6. The van der Waals surface area contributed by atoms with Crippen molar-refractivity contribution in [1.82, 2.24) is 35.3 Å². The van der Waals surface area contributed by atoms with Gasteiger partial charge in [-0.25, -0.2) is 24.1 Å². The summed E-state index contributed by atoms with van der Waals surface area (Å²) in [6.45, 7) is 8.37. The Morgan fingerprint density at radius 1 is 0.981 bits per heavy atom. The molecule has 2 aromatic carbocycles. The molecule has 0 unspecified atom stereocenters. The van der Waals surface area contributed by atoms with Crippen molar-refractivity contribution in [2.75, 3.05) is 54.4 Å². The lowest BCUT2D eigenvalue weighted by Crippen LogP contribution is -2.49. The first-order valence-electron chi connectivity index (χ1n) is 17.3. The first-order valence-corrected chi connectivity index (χ1v) is 17.3. The Balaban J connectivity index is 0.913. The number of benzene rings is 2. The van der Waals surface area contributed by atoms with Gasteiger partial charge in [0.15, 0.2) is 5.82 Å². The lowest BCUT2D eigenvalue weighted by atomic mass is 9.93. The molecule has 4 amide bonds. The smallest absolute Gasteiger partial charge is 0.328 e. The van der Waals surface area contributed by atoms with Crippen LogP contribution in [-0.4, -0.2) is 87.1 Å². The number of nitrogens with two attached hydrogens (primary N) is 1. The standard InChI is InChI=1S/C37H38FN11O4/c1-22-27(23(2)35-45-36(34(39)51)53-46-35)8-9-28(33(22)38)29-19-31(42-21-41-29)43-30-10-7-26(20-40-30)48-17-15-47(16-18-48)13-11-24-3-5-25(6-4-24)49-14-12-32(50)44-37(49)52/h3-10,19-21,23H,11-18H2,1-2H3,(H2,39,51)(H,44,50,52)(H,40,41,42,43)/t23-/m1/s1. The number of primary amides is 1. The second kappa shape index (κ2) is 15.1. The monoisotopic (exact) mass is 719 g/mol. The summed E-state index contributed by atoms with van der Waals surface area (Å²) in [4.78, 5) is 58.5. The van der Waals surface area contributed by atoms with Crippen molar-refractivity contribution in [3.05, 3.63) is 101 Å². The number of pyridine rings is 1. The van der Waals surface area contributed by atoms with Gasteiger partial charge in [-0.05, 0) is 60.4 Å². The van der Waals surface area contributed by atoms with Crippen LogP contribution in [0.25, 0.3) is 11.3 Å². The zero-order valence-corrected chi connectivity index (χ0v) is 29.3. The number of carbonyl (C=O) groups is 3. The van der Waals surface area contributed by atoms with E-state index in [9.17, 15) is 14.4 Å². The van der Waals surface area contributed by atoms with Gasteiger partial charge in [0.05, 0.1) is 17.6 Å². The molecule has 2 saturated heterocycles. The Kier molecular flexibility index (Phi) is 10.0. The minimum absolute atomic E-state index is 0.228. The van der Waals surface area contributed by atoms with E-state index in [0.717, 1.165) is 50.5 Å². The quantitative estimate of drug-likeness (QED) is 0.177. The van der Waals surface area contributed by atoms with E-state index < -0.39 is 17.6 Å². The molecule has 5 heterocycles. The Labute approximate surface area is 304 Å². The van der Waals surface area contributed by atoms with Crippen molar-refractivity contribution in [1.29, 1.82) is 0 Å². The highest BCUT2D eigenvalue weighted by atomic mass is 19.1. The fourth-order valence-electron chi connectivity index (χ4n) is 6.54. The van der Waals surface area contributed by atoms with Crippen LogP contribution in [-0.2, 0) is 11.2 Å². The average Bonchev–Trinajstić information content (AvgIpc) is 3.67. The van der Waals surface area contributed by atoms with Gasteiger partial charge in [0.2, 0.25) is 5.91 Å². The summed E-state index contributed by atoms with van der Waals surface area (Å²) in [6, 6.07) is 16.6. The highest BCUT2D eigenvalue weighted by Gasteiger charge is 2.25. The molecule has 0 spiro atoms. The van der Waals surface area contributed by atoms with E-state index in [-0.39, 0.29) is 23.7 Å². The Bertz CT molecular complexity index is 2130. The molecule has 1 atom stereocenters. The Morgan fingerprint density at radius 3 is 2.45 bits per heavy atom. The van der Waals surface area contributed by atoms with Crippen LogP contribution in [0.1, 0.15) is 52.5 Å². The van der Waals surface area contributed by atoms with Crippen LogP contribution in [0, 0.1) is 12.7 Å². The second-order valence-corrected chi connectivity index (χ2v) is 13.0. The number of nitrogens with one attached hydrogen (secondary N) is 2. The molecule has 4 N–H and O–H groups in total. The summed E-state index contributed by atoms with van der Waals surface area (Å²) in [6.07, 6.45) is 4.41. The van der Waals surface area contributed by atoms with Crippen LogP contribution in [0.5, 0.6) is 0 Å². The third-order valence-corrected chi connectivity index (χ3v) is 9.64. The van der Waals surface area contributed by atoms with Crippen LogP contribution in [0.15, 0.2) is 71.6 Å². The number of carbonyl (C=O) groups excluding carboxylic acids is 3. The normalized spacial score (nSPS) is 15.7. The van der Waals surface area contributed by atoms with Crippen molar-refractivity contribution in [3.8, 4) is 11.3 Å². The van der Waals surface area contributed by atoms with Gasteiger partial charge in [0.1, 0.15) is 23.8 Å². The molecule has 2 aliphatic rings. The highest BCUT2D eigenvalue weighted by molar-refractivity contribution is 6.05. The van der Waals surface area contributed by atoms with E-state index >= 15 is 4.39 Å². The minimum Gasteiger partial charge on any atom is -0.368 e. The van der Waals surface area contributed by atoms with Crippen LogP contribution in [0.2, 0.25) is 0 Å². The number of rotatable bonds is 11. The lowest BCUT2D eigenvalue weighted by molar-refractivity contribution is -0.120. The number of amides is 4. The number of hydrogen-bond acceptors (Lipinski definition) is 12. The Morgan fingerprint density at radius 2 is 1.75 bits per heavy atom. The predicted molar refractivity (Wildman–Crippen MR) is 194 cm³/mol. The molecule has 2 aliphatic heterocycles. The molecule has 5 aromatic rings. The van der Waals surface area contributed by atoms with E-state index in [2.05, 4.69) is 45.5 Å². The van der Waals surface area contributed by atoms with E-state index in [1.54, 1.807) is 36.9 Å². The molecule has 53 heavy (non-hydrogen) atoms. The summed E-state index contributed by atoms with van der Waals surface area (Å²) in [5.41, 5.74) is 9.95. The third kappa shape index (κ3) is 7.82. The molecule has 7 rings (SSSR count). The fourth-order valence-corrected chi connectivity index (χ4v) is 6.54. The number of imide groups is 1. The largest absolute Gasteiger partial charge is 0.368 e. The van der Waals surface area contributed by atoms with Crippen LogP contribution < -0.4 is 26.2 Å². The molecule has 3 aromatic heterocycles. The van der Waals surface area contributed by atoms with Crippen LogP contribution >= 0.6 is 0 Å². The number of halogens is 1. The van der Waals surface area contributed by atoms with Crippen molar-refractivity contribution in [2.45, 2.75) is 32.6 Å². The number of nitrogens with zero attached hydrogens (tertiary/aromatic N) is 8. The summed E-state index contributed by atoms with van der Waals surface area (Å²) in [5.74, 6) is -0.973. The SMILES string of the molecule is Cc1c([C@@H](C)c2noc(C(N)=O)n2)ccc(-c2cc(Nc3ccc(N4CCN(CCc5ccc(N6CCC(=O)NC6=O)cc5)CC4)cn3)ncn2)c1F. The van der Waals surface area contributed by atoms with Gasteiger partial charge in [-0.1, -0.05) is 30.3 Å². The number of aromatic nitrogens is 5. The van der Waals surface area contributed by atoms with Crippen molar-refractivity contribution < 1.29 is 23.3 Å². The van der Waals surface area contributed by atoms with Gasteiger partial charge in [-0.3, -0.25) is 24.7 Å². The summed E-state index contributed by atoms with van der Waals surface area (Å²) in [5, 5.41) is 9.37. The molecule has 272 valence electrons. The minimum atomic E-state index is -0.829. The molecule has 16 heteroatoms. The maximum Gasteiger partial charge on any atom is 0.328 e. The highest BCUT2D eigenvalue weighted by Crippen LogP contribution is 2.32. The van der Waals surface area contributed by atoms with E-state index in [4.69, 9.17) is 10.3 Å². The molecule has 0 aliphatic carbocycles. The zero-order valence-electron chi connectivity index (χ0n) is 29.3. The molecular formula is C37H38FN11O4. The fraction of sp³-hybridized carbons (Fsp3) is 0.297. The van der Waals surface area contributed by atoms with Gasteiger partial charge < -0.3 is 20.5 Å². The predicted octanol–water partition coefficient (Wildman–Crippen LogP) is 4.17. The number of anilines is 4. The average molecular weight is 720 g/mol. The van der Waals surface area contributed by atoms with Crippen molar-refractivity contribution in [2.24, 2.45) is 5.73 Å². The van der Waals surface area contributed by atoms with Gasteiger partial charge >= 0.3 is 17.8 Å². The van der Waals surface area contributed by atoms with Crippen LogP contribution in [0.4, 0.5) is 32.2 Å². The number of urea groups is 1. The molecule has 0 radical (unpaired) electrons. The van der Waals surface area contributed by atoms with Crippen molar-refractivity contribution in [3.63, 3.8) is 0 Å². The number of piperazine rings is 1. The second-order valence-electron chi connectivity index (χ2n) is 13.0. The maximum atomic E-state index is 15.7. The molecule has 15 nitrogen and oxygen atoms in total. The van der Waals surface area contributed by atoms with E-state index in [0.29, 0.717) is 47.0 Å². The van der Waals surface area contributed by atoms with E-state index in [1.165, 1.54) is 11.9 Å².